The van der Waals surface area contributed by atoms with E-state index in [0.717, 1.165) is 31.2 Å². The van der Waals surface area contributed by atoms with Gasteiger partial charge in [-0.25, -0.2) is 4.39 Å². The summed E-state index contributed by atoms with van der Waals surface area (Å²) < 4.78 is 25.2. The first-order valence-electron chi connectivity index (χ1n) is 9.54. The molecule has 0 radical (unpaired) electrons. The number of nitrogens with one attached hydrogen (secondary N) is 1. The van der Waals surface area contributed by atoms with Crippen molar-refractivity contribution in [2.45, 2.75) is 38.1 Å². The largest absolute Gasteiger partial charge is 0.490 e. The molecule has 0 bridgehead atoms. The monoisotopic (exact) mass is 460 g/mol. The molecule has 1 aliphatic rings. The lowest BCUT2D eigenvalue weighted by Crippen LogP contribution is -2.45. The standard InChI is InChI=1S/C22H22BrFN2O3/c1-2-28-19-12-15(13-25)11-18(23)21(19)29-14-20(27)26-22(9-3-4-10-22)16-5-7-17(24)8-6-16/h5-8,11-12H,2-4,9-10,14H2,1H3,(H,26,27). The van der Waals surface area contributed by atoms with Gasteiger partial charge in [-0.2, -0.15) is 5.26 Å². The number of halogens is 2. The number of benzene rings is 2. The van der Waals surface area contributed by atoms with E-state index in [2.05, 4.69) is 27.3 Å². The summed E-state index contributed by atoms with van der Waals surface area (Å²) in [6, 6.07) is 11.6. The normalized spacial score (nSPS) is 14.8. The van der Waals surface area contributed by atoms with Crippen LogP contribution in [0.2, 0.25) is 0 Å². The molecule has 29 heavy (non-hydrogen) atoms. The van der Waals surface area contributed by atoms with Crippen molar-refractivity contribution >= 4 is 21.8 Å². The molecule has 0 spiro atoms. The van der Waals surface area contributed by atoms with Gasteiger partial charge in [-0.1, -0.05) is 25.0 Å². The molecule has 0 aliphatic heterocycles. The molecular formula is C22H22BrFN2O3. The quantitative estimate of drug-likeness (QED) is 0.642. The Kier molecular flexibility index (Phi) is 6.75. The molecular weight excluding hydrogens is 439 g/mol. The Morgan fingerprint density at radius 1 is 1.24 bits per heavy atom. The van der Waals surface area contributed by atoms with Gasteiger partial charge in [-0.3, -0.25) is 4.79 Å². The first kappa shape index (κ1) is 21.1. The van der Waals surface area contributed by atoms with Gasteiger partial charge in [0.25, 0.3) is 5.91 Å². The molecule has 0 atom stereocenters. The zero-order chi connectivity index (χ0) is 20.9. The molecule has 2 aromatic carbocycles. The predicted octanol–water partition coefficient (Wildman–Crippen LogP) is 4.82. The van der Waals surface area contributed by atoms with E-state index in [9.17, 15) is 9.18 Å². The lowest BCUT2D eigenvalue weighted by molar-refractivity contribution is -0.125. The summed E-state index contributed by atoms with van der Waals surface area (Å²) in [6.45, 7) is 2.03. The van der Waals surface area contributed by atoms with Crippen LogP contribution in [0.1, 0.15) is 43.7 Å². The van der Waals surface area contributed by atoms with Crippen molar-refractivity contribution in [3.05, 3.63) is 57.8 Å². The Bertz CT molecular complexity index is 919. The maximum absolute atomic E-state index is 13.3. The van der Waals surface area contributed by atoms with Crippen molar-refractivity contribution in [2.75, 3.05) is 13.2 Å². The SMILES string of the molecule is CCOc1cc(C#N)cc(Br)c1OCC(=O)NC1(c2ccc(F)cc2)CCCC1. The highest BCUT2D eigenvalue weighted by Gasteiger charge is 2.37. The van der Waals surface area contributed by atoms with Gasteiger partial charge >= 0.3 is 0 Å². The van der Waals surface area contributed by atoms with Gasteiger partial charge < -0.3 is 14.8 Å². The van der Waals surface area contributed by atoms with E-state index in [-0.39, 0.29) is 18.3 Å². The maximum Gasteiger partial charge on any atom is 0.258 e. The average Bonchev–Trinajstić information content (AvgIpc) is 3.17. The Hall–Kier alpha value is -2.59. The summed E-state index contributed by atoms with van der Waals surface area (Å²) in [5, 5.41) is 12.2. The van der Waals surface area contributed by atoms with Gasteiger partial charge in [0.05, 0.1) is 28.3 Å². The fourth-order valence-corrected chi connectivity index (χ4v) is 4.27. The fraction of sp³-hybridized carbons (Fsp3) is 0.364. The molecule has 1 fully saturated rings. The summed E-state index contributed by atoms with van der Waals surface area (Å²) in [5.74, 6) is 0.212. The number of rotatable bonds is 7. The molecule has 5 nitrogen and oxygen atoms in total. The Labute approximate surface area is 177 Å². The summed E-state index contributed by atoms with van der Waals surface area (Å²) in [4.78, 5) is 12.7. The molecule has 0 unspecified atom stereocenters. The molecule has 1 saturated carbocycles. The van der Waals surface area contributed by atoms with E-state index >= 15 is 0 Å². The minimum absolute atomic E-state index is 0.201. The fourth-order valence-electron chi connectivity index (χ4n) is 3.71. The highest BCUT2D eigenvalue weighted by Crippen LogP contribution is 2.39. The predicted molar refractivity (Wildman–Crippen MR) is 110 cm³/mol. The van der Waals surface area contributed by atoms with Crippen LogP contribution in [0.25, 0.3) is 0 Å². The minimum atomic E-state index is -0.501. The molecule has 3 rings (SSSR count). The lowest BCUT2D eigenvalue weighted by atomic mass is 9.88. The van der Waals surface area contributed by atoms with Crippen molar-refractivity contribution in [1.29, 1.82) is 5.26 Å². The Balaban J connectivity index is 1.74. The van der Waals surface area contributed by atoms with Crippen LogP contribution in [0.3, 0.4) is 0 Å². The minimum Gasteiger partial charge on any atom is -0.490 e. The number of carbonyl (C=O) groups excluding carboxylic acids is 1. The van der Waals surface area contributed by atoms with Crippen molar-refractivity contribution in [3.8, 4) is 17.6 Å². The van der Waals surface area contributed by atoms with E-state index in [0.29, 0.717) is 28.1 Å². The number of amides is 1. The van der Waals surface area contributed by atoms with Crippen LogP contribution < -0.4 is 14.8 Å². The van der Waals surface area contributed by atoms with E-state index < -0.39 is 5.54 Å². The third-order valence-corrected chi connectivity index (χ3v) is 5.61. The Morgan fingerprint density at radius 3 is 2.55 bits per heavy atom. The number of hydrogen-bond donors (Lipinski definition) is 1. The van der Waals surface area contributed by atoms with E-state index in [1.807, 2.05) is 6.92 Å². The van der Waals surface area contributed by atoms with Crippen LogP contribution in [-0.4, -0.2) is 19.1 Å². The van der Waals surface area contributed by atoms with Gasteiger partial charge in [-0.05, 0) is 59.5 Å². The van der Waals surface area contributed by atoms with Gasteiger partial charge in [0.15, 0.2) is 18.1 Å². The van der Waals surface area contributed by atoms with Crippen LogP contribution in [-0.2, 0) is 10.3 Å². The first-order valence-corrected chi connectivity index (χ1v) is 10.3. The number of ether oxygens (including phenoxy) is 2. The zero-order valence-corrected chi connectivity index (χ0v) is 17.7. The number of hydrogen-bond acceptors (Lipinski definition) is 4. The van der Waals surface area contributed by atoms with Crippen LogP contribution in [0.15, 0.2) is 40.9 Å². The molecule has 1 amide bonds. The highest BCUT2D eigenvalue weighted by molar-refractivity contribution is 9.10. The van der Waals surface area contributed by atoms with Crippen LogP contribution in [0.4, 0.5) is 4.39 Å². The van der Waals surface area contributed by atoms with Crippen LogP contribution >= 0.6 is 15.9 Å². The van der Waals surface area contributed by atoms with Crippen molar-refractivity contribution in [1.82, 2.24) is 5.32 Å². The molecule has 0 aromatic heterocycles. The third-order valence-electron chi connectivity index (χ3n) is 5.02. The van der Waals surface area contributed by atoms with E-state index in [1.54, 1.807) is 24.3 Å². The molecule has 7 heteroatoms. The van der Waals surface area contributed by atoms with E-state index in [4.69, 9.17) is 14.7 Å². The summed E-state index contributed by atoms with van der Waals surface area (Å²) >= 11 is 3.38. The van der Waals surface area contributed by atoms with Gasteiger partial charge in [0.1, 0.15) is 5.82 Å². The highest BCUT2D eigenvalue weighted by atomic mass is 79.9. The average molecular weight is 461 g/mol. The Morgan fingerprint density at radius 2 is 1.93 bits per heavy atom. The lowest BCUT2D eigenvalue weighted by Gasteiger charge is -2.31. The van der Waals surface area contributed by atoms with Crippen molar-refractivity contribution < 1.29 is 18.7 Å². The number of nitrogens with zero attached hydrogens (tertiary/aromatic N) is 1. The zero-order valence-electron chi connectivity index (χ0n) is 16.1. The molecule has 152 valence electrons. The molecule has 0 heterocycles. The molecule has 0 saturated heterocycles. The van der Waals surface area contributed by atoms with Crippen molar-refractivity contribution in [3.63, 3.8) is 0 Å². The van der Waals surface area contributed by atoms with Gasteiger partial charge in [-0.15, -0.1) is 0 Å². The topological polar surface area (TPSA) is 71.3 Å². The summed E-state index contributed by atoms with van der Waals surface area (Å²) in [7, 11) is 0. The summed E-state index contributed by atoms with van der Waals surface area (Å²) in [5.41, 5.74) is 0.830. The molecule has 1 aliphatic carbocycles. The van der Waals surface area contributed by atoms with E-state index in [1.165, 1.54) is 12.1 Å². The van der Waals surface area contributed by atoms with Crippen molar-refractivity contribution in [2.24, 2.45) is 0 Å². The second-order valence-electron chi connectivity index (χ2n) is 6.96. The molecule has 1 N–H and O–H groups in total. The first-order chi connectivity index (χ1) is 14.0. The number of carbonyl (C=O) groups is 1. The third kappa shape index (κ3) is 4.88. The van der Waals surface area contributed by atoms with Crippen LogP contribution in [0, 0.1) is 17.1 Å². The summed E-state index contributed by atoms with van der Waals surface area (Å²) in [6.07, 6.45) is 3.59. The number of nitriles is 1. The van der Waals surface area contributed by atoms with Crippen LogP contribution in [0.5, 0.6) is 11.5 Å². The second kappa shape index (κ2) is 9.27. The second-order valence-corrected chi connectivity index (χ2v) is 7.82. The van der Waals surface area contributed by atoms with Gasteiger partial charge in [0.2, 0.25) is 0 Å². The smallest absolute Gasteiger partial charge is 0.258 e. The molecule has 2 aromatic rings. The van der Waals surface area contributed by atoms with Gasteiger partial charge in [0, 0.05) is 6.07 Å². The maximum atomic E-state index is 13.3.